The zero-order chi connectivity index (χ0) is 26.5. The van der Waals surface area contributed by atoms with Gasteiger partial charge < -0.3 is 10.2 Å². The summed E-state index contributed by atoms with van der Waals surface area (Å²) in [5.41, 5.74) is 3.42. The quantitative estimate of drug-likeness (QED) is 0.305. The molecule has 2 N–H and O–H groups in total. The van der Waals surface area contributed by atoms with Crippen molar-refractivity contribution < 1.29 is 18.0 Å². The van der Waals surface area contributed by atoms with Crippen molar-refractivity contribution in [3.8, 4) is 0 Å². The molecule has 0 aliphatic carbocycles. The molecule has 2 amide bonds. The van der Waals surface area contributed by atoms with Gasteiger partial charge in [0.05, 0.1) is 10.6 Å². The van der Waals surface area contributed by atoms with Crippen LogP contribution in [-0.4, -0.2) is 30.9 Å². The van der Waals surface area contributed by atoms with E-state index in [0.29, 0.717) is 29.2 Å². The Labute approximate surface area is 225 Å². The van der Waals surface area contributed by atoms with Gasteiger partial charge in [-0.25, -0.2) is 8.42 Å². The molecule has 4 aromatic rings. The van der Waals surface area contributed by atoms with E-state index in [4.69, 9.17) is 0 Å². The van der Waals surface area contributed by atoms with Crippen LogP contribution in [0, 0.1) is 0 Å². The number of thioether (sulfide) groups is 1. The van der Waals surface area contributed by atoms with Gasteiger partial charge in [0.2, 0.25) is 5.91 Å². The van der Waals surface area contributed by atoms with E-state index >= 15 is 0 Å². The molecule has 1 atom stereocenters. The maximum Gasteiger partial charge on any atom is 0.261 e. The summed E-state index contributed by atoms with van der Waals surface area (Å²) in [7, 11) is -3.74. The maximum atomic E-state index is 12.8. The minimum absolute atomic E-state index is 0.0902. The SMILES string of the molecule is O=C(Nc1ccc(S(=O)(=O)Nc2ccccc2)cc1)c1ccc([C@@H]2SCC(=O)N2Cc2ccccc2)cc1. The maximum absolute atomic E-state index is 12.8. The lowest BCUT2D eigenvalue weighted by Crippen LogP contribution is -2.27. The summed E-state index contributed by atoms with van der Waals surface area (Å²) in [6, 6.07) is 31.7. The Kier molecular flexibility index (Phi) is 7.48. The third-order valence-corrected chi connectivity index (χ3v) is 8.72. The Morgan fingerprint density at radius 2 is 1.45 bits per heavy atom. The zero-order valence-electron chi connectivity index (χ0n) is 20.3. The van der Waals surface area contributed by atoms with Crippen LogP contribution in [0.1, 0.15) is 26.9 Å². The second-order valence-corrected chi connectivity index (χ2v) is 11.5. The second kappa shape index (κ2) is 11.1. The Hall–Kier alpha value is -4.08. The fourth-order valence-electron chi connectivity index (χ4n) is 4.12. The van der Waals surface area contributed by atoms with Crippen LogP contribution in [0.25, 0.3) is 0 Å². The molecule has 1 aliphatic rings. The van der Waals surface area contributed by atoms with Crippen LogP contribution >= 0.6 is 11.8 Å². The molecule has 0 unspecified atom stereocenters. The highest BCUT2D eigenvalue weighted by Gasteiger charge is 2.32. The van der Waals surface area contributed by atoms with Crippen molar-refractivity contribution >= 4 is 45.0 Å². The van der Waals surface area contributed by atoms with Gasteiger partial charge >= 0.3 is 0 Å². The summed E-state index contributed by atoms with van der Waals surface area (Å²) in [5.74, 6) is 0.202. The van der Waals surface area contributed by atoms with Crippen molar-refractivity contribution in [3.63, 3.8) is 0 Å². The summed E-state index contributed by atoms with van der Waals surface area (Å²) in [6.07, 6.45) is 0. The predicted molar refractivity (Wildman–Crippen MR) is 150 cm³/mol. The van der Waals surface area contributed by atoms with Crippen molar-refractivity contribution in [2.45, 2.75) is 16.8 Å². The normalized spacial score (nSPS) is 15.3. The summed E-state index contributed by atoms with van der Waals surface area (Å²) in [4.78, 5) is 27.3. The van der Waals surface area contributed by atoms with E-state index in [2.05, 4.69) is 10.0 Å². The molecule has 5 rings (SSSR count). The molecule has 0 saturated carbocycles. The highest BCUT2D eigenvalue weighted by Crippen LogP contribution is 2.39. The average Bonchev–Trinajstić information content (AvgIpc) is 3.29. The minimum atomic E-state index is -3.74. The molecule has 192 valence electrons. The van der Waals surface area contributed by atoms with Crippen LogP contribution in [0.15, 0.2) is 114 Å². The van der Waals surface area contributed by atoms with E-state index in [0.717, 1.165) is 11.1 Å². The van der Waals surface area contributed by atoms with Crippen LogP contribution < -0.4 is 10.0 Å². The second-order valence-electron chi connectivity index (χ2n) is 8.74. The van der Waals surface area contributed by atoms with E-state index in [1.54, 1.807) is 66.4 Å². The van der Waals surface area contributed by atoms with Crippen LogP contribution in [-0.2, 0) is 21.4 Å². The molecule has 1 saturated heterocycles. The fourth-order valence-corrected chi connectivity index (χ4v) is 6.37. The Morgan fingerprint density at radius 3 is 2.11 bits per heavy atom. The van der Waals surface area contributed by atoms with Crippen LogP contribution in [0.3, 0.4) is 0 Å². The molecule has 1 fully saturated rings. The van der Waals surface area contributed by atoms with Gasteiger partial charge in [-0.2, -0.15) is 0 Å². The van der Waals surface area contributed by atoms with Crippen LogP contribution in [0.4, 0.5) is 11.4 Å². The molecule has 0 radical (unpaired) electrons. The van der Waals surface area contributed by atoms with Crippen molar-refractivity contribution in [2.75, 3.05) is 15.8 Å². The number of carbonyl (C=O) groups excluding carboxylic acids is 2. The standard InChI is InChI=1S/C29H25N3O4S2/c33-27-20-37-29(32(27)19-21-7-3-1-4-8-21)23-13-11-22(12-14-23)28(34)30-24-15-17-26(18-16-24)38(35,36)31-25-9-5-2-6-10-25/h1-18,29,31H,19-20H2,(H,30,34)/t29-/m0/s1. The Balaban J connectivity index is 1.23. The van der Waals surface area contributed by atoms with E-state index in [-0.39, 0.29) is 22.1 Å². The van der Waals surface area contributed by atoms with Gasteiger partial charge in [-0.05, 0) is 59.7 Å². The van der Waals surface area contributed by atoms with Crippen LogP contribution in [0.2, 0.25) is 0 Å². The molecular formula is C29H25N3O4S2. The lowest BCUT2D eigenvalue weighted by molar-refractivity contribution is -0.128. The molecule has 0 aromatic heterocycles. The molecule has 1 aliphatic heterocycles. The largest absolute Gasteiger partial charge is 0.322 e. The average molecular weight is 544 g/mol. The third kappa shape index (κ3) is 5.90. The van der Waals surface area contributed by atoms with Crippen molar-refractivity contribution in [2.24, 2.45) is 0 Å². The molecule has 1 heterocycles. The number of nitrogens with one attached hydrogen (secondary N) is 2. The molecule has 38 heavy (non-hydrogen) atoms. The van der Waals surface area contributed by atoms with Crippen molar-refractivity contribution in [1.29, 1.82) is 0 Å². The molecule has 0 spiro atoms. The smallest absolute Gasteiger partial charge is 0.261 e. The first kappa shape index (κ1) is 25.6. The number of benzene rings is 4. The predicted octanol–water partition coefficient (Wildman–Crippen LogP) is 5.51. The number of rotatable bonds is 8. The number of hydrogen-bond donors (Lipinski definition) is 2. The van der Waals surface area contributed by atoms with Gasteiger partial charge in [-0.3, -0.25) is 14.3 Å². The number of amides is 2. The van der Waals surface area contributed by atoms with Gasteiger partial charge in [0.1, 0.15) is 5.37 Å². The highest BCUT2D eigenvalue weighted by molar-refractivity contribution is 8.00. The van der Waals surface area contributed by atoms with Gasteiger partial charge in [-0.15, -0.1) is 11.8 Å². The van der Waals surface area contributed by atoms with E-state index in [1.165, 1.54) is 12.1 Å². The first-order valence-electron chi connectivity index (χ1n) is 11.9. The third-order valence-electron chi connectivity index (χ3n) is 6.07. The van der Waals surface area contributed by atoms with E-state index in [9.17, 15) is 18.0 Å². The molecule has 4 aromatic carbocycles. The summed E-state index contributed by atoms with van der Waals surface area (Å²) < 4.78 is 27.8. The Bertz CT molecular complexity index is 1530. The zero-order valence-corrected chi connectivity index (χ0v) is 21.9. The molecule has 0 bridgehead atoms. The van der Waals surface area contributed by atoms with Crippen molar-refractivity contribution in [1.82, 2.24) is 4.90 Å². The first-order chi connectivity index (χ1) is 18.4. The van der Waals surface area contributed by atoms with Crippen LogP contribution in [0.5, 0.6) is 0 Å². The summed E-state index contributed by atoms with van der Waals surface area (Å²) >= 11 is 1.57. The number of sulfonamides is 1. The first-order valence-corrected chi connectivity index (χ1v) is 14.5. The number of hydrogen-bond acceptors (Lipinski definition) is 5. The van der Waals surface area contributed by atoms with Gasteiger partial charge in [-0.1, -0.05) is 60.7 Å². The van der Waals surface area contributed by atoms with Gasteiger partial charge in [0.15, 0.2) is 0 Å². The number of anilines is 2. The number of carbonyl (C=O) groups is 2. The van der Waals surface area contributed by atoms with Gasteiger partial charge in [0.25, 0.3) is 15.9 Å². The van der Waals surface area contributed by atoms with Gasteiger partial charge in [0, 0.05) is 23.5 Å². The number of para-hydroxylation sites is 1. The lowest BCUT2D eigenvalue weighted by atomic mass is 10.1. The Morgan fingerprint density at radius 1 is 0.816 bits per heavy atom. The number of nitrogens with zero attached hydrogens (tertiary/aromatic N) is 1. The monoisotopic (exact) mass is 543 g/mol. The fraction of sp³-hybridized carbons (Fsp3) is 0.103. The topological polar surface area (TPSA) is 95.6 Å². The molecule has 9 heteroatoms. The van der Waals surface area contributed by atoms with E-state index < -0.39 is 10.0 Å². The molecular weight excluding hydrogens is 518 g/mol. The molecule has 7 nitrogen and oxygen atoms in total. The minimum Gasteiger partial charge on any atom is -0.322 e. The van der Waals surface area contributed by atoms with Crippen molar-refractivity contribution in [3.05, 3.63) is 126 Å². The lowest BCUT2D eigenvalue weighted by Gasteiger charge is -2.24. The summed E-state index contributed by atoms with van der Waals surface area (Å²) in [6.45, 7) is 0.534. The van der Waals surface area contributed by atoms with E-state index in [1.807, 2.05) is 47.4 Å². The highest BCUT2D eigenvalue weighted by atomic mass is 32.2. The summed E-state index contributed by atoms with van der Waals surface area (Å²) in [5, 5.41) is 2.69.